The number of aromatic nitrogens is 2. The van der Waals surface area contributed by atoms with Gasteiger partial charge in [-0.05, 0) is 26.7 Å². The maximum absolute atomic E-state index is 11.6. The fraction of sp³-hybridized carbons (Fsp3) is 0.636. The van der Waals surface area contributed by atoms with Crippen LogP contribution < -0.4 is 11.1 Å². The second-order valence-electron chi connectivity index (χ2n) is 4.85. The molecule has 5 nitrogen and oxygen atoms in total. The SMILES string of the molecule is Cc1c(Cl)cnn1CC(C)(NC1CC1)C(N)=O. The van der Waals surface area contributed by atoms with Crippen molar-refractivity contribution < 1.29 is 4.79 Å². The molecule has 0 radical (unpaired) electrons. The predicted octanol–water partition coefficient (Wildman–Crippen LogP) is 0.841. The van der Waals surface area contributed by atoms with Gasteiger partial charge in [-0.25, -0.2) is 0 Å². The van der Waals surface area contributed by atoms with Crippen LogP contribution in [0.25, 0.3) is 0 Å². The number of carbonyl (C=O) groups excluding carboxylic acids is 1. The number of rotatable bonds is 5. The lowest BCUT2D eigenvalue weighted by molar-refractivity contribution is -0.124. The van der Waals surface area contributed by atoms with Crippen LogP contribution in [0.1, 0.15) is 25.5 Å². The molecule has 1 aromatic heterocycles. The third-order valence-corrected chi connectivity index (χ3v) is 3.52. The van der Waals surface area contributed by atoms with Gasteiger partial charge in [-0.1, -0.05) is 11.6 Å². The monoisotopic (exact) mass is 256 g/mol. The van der Waals surface area contributed by atoms with Gasteiger partial charge in [0, 0.05) is 6.04 Å². The van der Waals surface area contributed by atoms with Gasteiger partial charge in [0.15, 0.2) is 0 Å². The maximum Gasteiger partial charge on any atom is 0.239 e. The fourth-order valence-electron chi connectivity index (χ4n) is 1.76. The Labute approximate surface area is 105 Å². The summed E-state index contributed by atoms with van der Waals surface area (Å²) < 4.78 is 1.71. The second-order valence-corrected chi connectivity index (χ2v) is 5.26. The highest BCUT2D eigenvalue weighted by atomic mass is 35.5. The van der Waals surface area contributed by atoms with E-state index in [4.69, 9.17) is 17.3 Å². The average molecular weight is 257 g/mol. The third kappa shape index (κ3) is 2.61. The summed E-state index contributed by atoms with van der Waals surface area (Å²) >= 11 is 5.94. The summed E-state index contributed by atoms with van der Waals surface area (Å²) in [6.07, 6.45) is 3.78. The number of hydrogen-bond donors (Lipinski definition) is 2. The van der Waals surface area contributed by atoms with Crippen LogP contribution in [0.2, 0.25) is 5.02 Å². The molecule has 0 aliphatic heterocycles. The van der Waals surface area contributed by atoms with Crippen LogP contribution >= 0.6 is 11.6 Å². The quantitative estimate of drug-likeness (QED) is 0.820. The zero-order chi connectivity index (χ0) is 12.6. The van der Waals surface area contributed by atoms with E-state index in [1.54, 1.807) is 10.9 Å². The van der Waals surface area contributed by atoms with E-state index in [0.29, 0.717) is 17.6 Å². The van der Waals surface area contributed by atoms with Gasteiger partial charge < -0.3 is 5.73 Å². The highest BCUT2D eigenvalue weighted by molar-refractivity contribution is 6.31. The van der Waals surface area contributed by atoms with E-state index in [2.05, 4.69) is 10.4 Å². The van der Waals surface area contributed by atoms with E-state index in [0.717, 1.165) is 18.5 Å². The van der Waals surface area contributed by atoms with Gasteiger partial charge >= 0.3 is 0 Å². The highest BCUT2D eigenvalue weighted by Gasteiger charge is 2.37. The normalized spacial score (nSPS) is 19.0. The van der Waals surface area contributed by atoms with E-state index >= 15 is 0 Å². The second kappa shape index (κ2) is 4.31. The molecule has 0 saturated heterocycles. The Hall–Kier alpha value is -1.07. The highest BCUT2D eigenvalue weighted by Crippen LogP contribution is 2.24. The summed E-state index contributed by atoms with van der Waals surface area (Å²) in [5, 5.41) is 8.02. The topological polar surface area (TPSA) is 72.9 Å². The van der Waals surface area contributed by atoms with Crippen LogP contribution in [0.5, 0.6) is 0 Å². The smallest absolute Gasteiger partial charge is 0.239 e. The molecule has 17 heavy (non-hydrogen) atoms. The maximum atomic E-state index is 11.6. The minimum absolute atomic E-state index is 0.365. The standard InChI is InChI=1S/C11H17ClN4O/c1-7-9(12)5-14-16(7)6-11(2,10(13)17)15-8-3-4-8/h5,8,15H,3-4,6H2,1-2H3,(H2,13,17). The molecule has 0 spiro atoms. The lowest BCUT2D eigenvalue weighted by atomic mass is 10.0. The van der Waals surface area contributed by atoms with Crippen molar-refractivity contribution in [3.8, 4) is 0 Å². The van der Waals surface area contributed by atoms with Crippen molar-refractivity contribution >= 4 is 17.5 Å². The number of nitrogens with zero attached hydrogens (tertiary/aromatic N) is 2. The minimum atomic E-state index is -0.777. The molecule has 1 unspecified atom stereocenters. The molecular weight excluding hydrogens is 240 g/mol. The predicted molar refractivity (Wildman–Crippen MR) is 65.7 cm³/mol. The Kier molecular flexibility index (Phi) is 3.14. The minimum Gasteiger partial charge on any atom is -0.368 e. The van der Waals surface area contributed by atoms with Crippen molar-refractivity contribution in [2.75, 3.05) is 0 Å². The Morgan fingerprint density at radius 2 is 2.41 bits per heavy atom. The molecule has 1 aliphatic rings. The molecule has 1 saturated carbocycles. The molecule has 0 aromatic carbocycles. The van der Waals surface area contributed by atoms with Gasteiger partial charge in [-0.3, -0.25) is 14.8 Å². The molecule has 3 N–H and O–H groups in total. The van der Waals surface area contributed by atoms with Crippen LogP contribution in [0, 0.1) is 6.92 Å². The zero-order valence-corrected chi connectivity index (χ0v) is 10.8. The molecule has 94 valence electrons. The number of nitrogens with two attached hydrogens (primary N) is 1. The van der Waals surface area contributed by atoms with Gasteiger partial charge in [-0.15, -0.1) is 0 Å². The summed E-state index contributed by atoms with van der Waals surface area (Å²) in [4.78, 5) is 11.6. The molecule has 1 aliphatic carbocycles. The molecule has 1 aromatic rings. The number of amides is 1. The van der Waals surface area contributed by atoms with Gasteiger partial charge in [0.25, 0.3) is 0 Å². The third-order valence-electron chi connectivity index (χ3n) is 3.15. The lowest BCUT2D eigenvalue weighted by Crippen LogP contribution is -2.56. The first kappa shape index (κ1) is 12.4. The first-order chi connectivity index (χ1) is 7.92. The van der Waals surface area contributed by atoms with E-state index in [-0.39, 0.29) is 5.91 Å². The fourth-order valence-corrected chi connectivity index (χ4v) is 1.90. The van der Waals surface area contributed by atoms with E-state index in [1.807, 2.05) is 13.8 Å². The molecule has 6 heteroatoms. The van der Waals surface area contributed by atoms with E-state index < -0.39 is 5.54 Å². The van der Waals surface area contributed by atoms with E-state index in [9.17, 15) is 4.79 Å². The molecule has 1 atom stereocenters. The Bertz CT molecular complexity index is 441. The summed E-state index contributed by atoms with van der Waals surface area (Å²) in [5.41, 5.74) is 5.54. The van der Waals surface area contributed by atoms with Gasteiger partial charge in [0.2, 0.25) is 5.91 Å². The van der Waals surface area contributed by atoms with Crippen molar-refractivity contribution in [1.29, 1.82) is 0 Å². The Balaban J connectivity index is 2.16. The molecule has 1 fully saturated rings. The molecule has 1 amide bonds. The van der Waals surface area contributed by atoms with Crippen molar-refractivity contribution in [3.63, 3.8) is 0 Å². The summed E-state index contributed by atoms with van der Waals surface area (Å²) in [5.74, 6) is -0.365. The molecular formula is C11H17ClN4O. The zero-order valence-electron chi connectivity index (χ0n) is 10.0. The van der Waals surface area contributed by atoms with Crippen LogP contribution in [-0.2, 0) is 11.3 Å². The number of carbonyl (C=O) groups is 1. The first-order valence-corrected chi connectivity index (χ1v) is 6.06. The molecule has 2 rings (SSSR count). The Morgan fingerprint density at radius 1 is 1.76 bits per heavy atom. The van der Waals surface area contributed by atoms with Gasteiger partial charge in [0.05, 0.1) is 23.5 Å². The number of nitrogens with one attached hydrogen (secondary N) is 1. The van der Waals surface area contributed by atoms with Crippen LogP contribution in [-0.4, -0.2) is 27.3 Å². The van der Waals surface area contributed by atoms with Gasteiger partial charge in [0.1, 0.15) is 5.54 Å². The van der Waals surface area contributed by atoms with Gasteiger partial charge in [-0.2, -0.15) is 5.10 Å². The number of halogens is 1. The van der Waals surface area contributed by atoms with Crippen molar-refractivity contribution in [2.24, 2.45) is 5.73 Å². The van der Waals surface area contributed by atoms with Crippen LogP contribution in [0.3, 0.4) is 0 Å². The molecule has 1 heterocycles. The van der Waals surface area contributed by atoms with E-state index in [1.165, 1.54) is 0 Å². The molecule has 0 bridgehead atoms. The number of primary amides is 1. The van der Waals surface area contributed by atoms with Crippen molar-refractivity contribution in [2.45, 2.75) is 44.8 Å². The summed E-state index contributed by atoms with van der Waals surface area (Å²) in [7, 11) is 0. The first-order valence-electron chi connectivity index (χ1n) is 5.68. The lowest BCUT2D eigenvalue weighted by Gasteiger charge is -2.28. The van der Waals surface area contributed by atoms with Crippen LogP contribution in [0.15, 0.2) is 6.20 Å². The Morgan fingerprint density at radius 3 is 2.82 bits per heavy atom. The van der Waals surface area contributed by atoms with Crippen molar-refractivity contribution in [1.82, 2.24) is 15.1 Å². The summed E-state index contributed by atoms with van der Waals surface area (Å²) in [6.45, 7) is 4.08. The van der Waals surface area contributed by atoms with Crippen molar-refractivity contribution in [3.05, 3.63) is 16.9 Å². The van der Waals surface area contributed by atoms with Crippen LogP contribution in [0.4, 0.5) is 0 Å². The number of hydrogen-bond acceptors (Lipinski definition) is 3. The summed E-state index contributed by atoms with van der Waals surface area (Å²) in [6, 6.07) is 0.402. The largest absolute Gasteiger partial charge is 0.368 e. The average Bonchev–Trinajstić information content (AvgIpc) is 3.00.